The summed E-state index contributed by atoms with van der Waals surface area (Å²) in [7, 11) is 2.18. The first-order valence-corrected chi connectivity index (χ1v) is 7.77. The van der Waals surface area contributed by atoms with Gasteiger partial charge < -0.3 is 10.6 Å². The highest BCUT2D eigenvalue weighted by atomic mass is 35.5. The van der Waals surface area contributed by atoms with Crippen LogP contribution in [-0.2, 0) is 6.42 Å². The fourth-order valence-electron chi connectivity index (χ4n) is 3.02. The number of hydrogen-bond donors (Lipinski definition) is 1. The van der Waals surface area contributed by atoms with E-state index in [4.69, 9.17) is 17.3 Å². The van der Waals surface area contributed by atoms with E-state index in [1.165, 1.54) is 36.9 Å². The number of benzene rings is 1. The highest BCUT2D eigenvalue weighted by molar-refractivity contribution is 6.33. The summed E-state index contributed by atoms with van der Waals surface area (Å²) in [5.41, 5.74) is 8.60. The molecule has 1 fully saturated rings. The highest BCUT2D eigenvalue weighted by Crippen LogP contribution is 2.35. The molecule has 0 heterocycles. The minimum atomic E-state index is 0.217. The molecule has 1 aliphatic rings. The van der Waals surface area contributed by atoms with Crippen molar-refractivity contribution in [2.45, 2.75) is 57.5 Å². The van der Waals surface area contributed by atoms with E-state index in [9.17, 15) is 0 Å². The predicted octanol–water partition coefficient (Wildman–Crippen LogP) is 4.00. The summed E-state index contributed by atoms with van der Waals surface area (Å²) in [6.07, 6.45) is 7.14. The second-order valence-corrected chi connectivity index (χ2v) is 6.08. The summed E-state index contributed by atoms with van der Waals surface area (Å²) in [5.74, 6) is 0. The Morgan fingerprint density at radius 1 is 1.37 bits per heavy atom. The summed E-state index contributed by atoms with van der Waals surface area (Å²) in [6.45, 7) is 2.13. The van der Waals surface area contributed by atoms with Gasteiger partial charge in [0.25, 0.3) is 0 Å². The summed E-state index contributed by atoms with van der Waals surface area (Å²) in [5, 5.41) is 0.857. The molecule has 1 atom stereocenters. The Hall–Kier alpha value is -0.730. The molecule has 2 N–H and O–H groups in total. The first kappa shape index (κ1) is 14.7. The van der Waals surface area contributed by atoms with Crippen LogP contribution in [0.3, 0.4) is 0 Å². The van der Waals surface area contributed by atoms with E-state index in [0.29, 0.717) is 6.04 Å². The maximum Gasteiger partial charge on any atom is 0.0642 e. The van der Waals surface area contributed by atoms with Crippen molar-refractivity contribution in [2.24, 2.45) is 5.73 Å². The molecule has 2 rings (SSSR count). The quantitative estimate of drug-likeness (QED) is 0.883. The average molecular weight is 281 g/mol. The Balaban J connectivity index is 2.26. The van der Waals surface area contributed by atoms with Gasteiger partial charge in [-0.25, -0.2) is 0 Å². The molecule has 0 aliphatic heterocycles. The van der Waals surface area contributed by atoms with Crippen molar-refractivity contribution in [1.82, 2.24) is 0 Å². The van der Waals surface area contributed by atoms with E-state index in [1.54, 1.807) is 0 Å². The smallest absolute Gasteiger partial charge is 0.0642 e. The molecule has 2 nitrogen and oxygen atoms in total. The topological polar surface area (TPSA) is 29.3 Å². The van der Waals surface area contributed by atoms with E-state index >= 15 is 0 Å². The SMILES string of the molecule is CCC(N)Cc1cccc(Cl)c1N(C)C1CCCC1. The molecule has 1 aromatic rings. The van der Waals surface area contributed by atoms with Crippen molar-refractivity contribution in [2.75, 3.05) is 11.9 Å². The van der Waals surface area contributed by atoms with Gasteiger partial charge >= 0.3 is 0 Å². The van der Waals surface area contributed by atoms with Gasteiger partial charge in [-0.1, -0.05) is 43.5 Å². The third-order valence-electron chi connectivity index (χ3n) is 4.30. The second kappa shape index (κ2) is 6.62. The Bertz CT molecular complexity index is 413. The molecule has 3 heteroatoms. The molecule has 0 amide bonds. The highest BCUT2D eigenvalue weighted by Gasteiger charge is 2.23. The molecule has 1 aliphatic carbocycles. The number of rotatable bonds is 5. The Morgan fingerprint density at radius 2 is 2.05 bits per heavy atom. The molecule has 1 unspecified atom stereocenters. The molecule has 0 saturated heterocycles. The van der Waals surface area contributed by atoms with E-state index < -0.39 is 0 Å². The van der Waals surface area contributed by atoms with Crippen LogP contribution in [0.4, 0.5) is 5.69 Å². The number of nitrogens with zero attached hydrogens (tertiary/aromatic N) is 1. The zero-order valence-electron chi connectivity index (χ0n) is 12.0. The molecule has 106 valence electrons. The van der Waals surface area contributed by atoms with Crippen molar-refractivity contribution in [3.63, 3.8) is 0 Å². The van der Waals surface area contributed by atoms with Gasteiger partial charge in [0.2, 0.25) is 0 Å². The lowest BCUT2D eigenvalue weighted by Crippen LogP contribution is -2.31. The monoisotopic (exact) mass is 280 g/mol. The van der Waals surface area contributed by atoms with Crippen LogP contribution in [-0.4, -0.2) is 19.1 Å². The van der Waals surface area contributed by atoms with Crippen LogP contribution in [0.1, 0.15) is 44.6 Å². The Labute approximate surface area is 121 Å². The summed E-state index contributed by atoms with van der Waals surface area (Å²) >= 11 is 6.45. The number of nitrogens with two attached hydrogens (primary N) is 1. The lowest BCUT2D eigenvalue weighted by atomic mass is 10.0. The fraction of sp³-hybridized carbons (Fsp3) is 0.625. The summed E-state index contributed by atoms with van der Waals surface area (Å²) in [6, 6.07) is 7.04. The van der Waals surface area contributed by atoms with Crippen molar-refractivity contribution in [3.8, 4) is 0 Å². The molecular formula is C16H25ClN2. The Kier molecular flexibility index (Phi) is 5.12. The van der Waals surface area contributed by atoms with Gasteiger partial charge in [0.1, 0.15) is 0 Å². The first-order chi connectivity index (χ1) is 9.13. The van der Waals surface area contributed by atoms with Gasteiger partial charge in [-0.2, -0.15) is 0 Å². The lowest BCUT2D eigenvalue weighted by Gasteiger charge is -2.30. The molecule has 0 bridgehead atoms. The summed E-state index contributed by atoms with van der Waals surface area (Å²) < 4.78 is 0. The standard InChI is InChI=1S/C16H25ClN2/c1-3-13(18)11-12-7-6-10-15(17)16(12)19(2)14-8-4-5-9-14/h6-7,10,13-14H,3-5,8-9,11,18H2,1-2H3. The van der Waals surface area contributed by atoms with E-state index in [1.807, 2.05) is 12.1 Å². The van der Waals surface area contributed by atoms with E-state index in [-0.39, 0.29) is 6.04 Å². The average Bonchev–Trinajstić information content (AvgIpc) is 2.92. The third kappa shape index (κ3) is 3.43. The molecule has 1 saturated carbocycles. The van der Waals surface area contributed by atoms with Gasteiger partial charge in [-0.05, 0) is 37.3 Å². The van der Waals surface area contributed by atoms with Crippen molar-refractivity contribution >= 4 is 17.3 Å². The van der Waals surface area contributed by atoms with Crippen LogP contribution in [0.2, 0.25) is 5.02 Å². The van der Waals surface area contributed by atoms with Gasteiger partial charge in [0.15, 0.2) is 0 Å². The zero-order valence-corrected chi connectivity index (χ0v) is 12.8. The van der Waals surface area contributed by atoms with E-state index in [0.717, 1.165) is 17.9 Å². The maximum absolute atomic E-state index is 6.45. The third-order valence-corrected chi connectivity index (χ3v) is 4.61. The minimum absolute atomic E-state index is 0.217. The molecule has 1 aromatic carbocycles. The van der Waals surface area contributed by atoms with Gasteiger partial charge in [0.05, 0.1) is 10.7 Å². The predicted molar refractivity (Wildman–Crippen MR) is 84.1 cm³/mol. The molecule has 0 aromatic heterocycles. The number of para-hydroxylation sites is 1. The molecule has 0 spiro atoms. The van der Waals surface area contributed by atoms with Crippen LogP contribution in [0.25, 0.3) is 0 Å². The number of hydrogen-bond acceptors (Lipinski definition) is 2. The van der Waals surface area contributed by atoms with E-state index in [2.05, 4.69) is 24.9 Å². The van der Waals surface area contributed by atoms with Crippen LogP contribution in [0.15, 0.2) is 18.2 Å². The Morgan fingerprint density at radius 3 is 2.68 bits per heavy atom. The van der Waals surface area contributed by atoms with Gasteiger partial charge in [-0.15, -0.1) is 0 Å². The van der Waals surface area contributed by atoms with Gasteiger partial charge in [-0.3, -0.25) is 0 Å². The van der Waals surface area contributed by atoms with Gasteiger partial charge in [0, 0.05) is 19.1 Å². The van der Waals surface area contributed by atoms with Crippen LogP contribution in [0.5, 0.6) is 0 Å². The number of anilines is 1. The molecule has 0 radical (unpaired) electrons. The second-order valence-electron chi connectivity index (χ2n) is 5.67. The first-order valence-electron chi connectivity index (χ1n) is 7.39. The van der Waals surface area contributed by atoms with Crippen LogP contribution >= 0.6 is 11.6 Å². The normalized spacial score (nSPS) is 17.7. The summed E-state index contributed by atoms with van der Waals surface area (Å²) in [4.78, 5) is 2.38. The molecular weight excluding hydrogens is 256 g/mol. The van der Waals surface area contributed by atoms with Crippen LogP contribution in [0, 0.1) is 0 Å². The van der Waals surface area contributed by atoms with Crippen LogP contribution < -0.4 is 10.6 Å². The fourth-order valence-corrected chi connectivity index (χ4v) is 3.35. The maximum atomic E-state index is 6.45. The molecule has 19 heavy (non-hydrogen) atoms. The van der Waals surface area contributed by atoms with Crippen molar-refractivity contribution in [3.05, 3.63) is 28.8 Å². The van der Waals surface area contributed by atoms with Crippen molar-refractivity contribution < 1.29 is 0 Å². The largest absolute Gasteiger partial charge is 0.370 e. The lowest BCUT2D eigenvalue weighted by molar-refractivity contribution is 0.629. The minimum Gasteiger partial charge on any atom is -0.370 e. The van der Waals surface area contributed by atoms with Crippen molar-refractivity contribution in [1.29, 1.82) is 0 Å². The number of halogens is 1. The zero-order chi connectivity index (χ0) is 13.8.